The summed E-state index contributed by atoms with van der Waals surface area (Å²) in [6, 6.07) is 27.1. The van der Waals surface area contributed by atoms with E-state index < -0.39 is 30.5 Å². The monoisotopic (exact) mass is 620 g/mol. The van der Waals surface area contributed by atoms with Crippen molar-refractivity contribution in [3.05, 3.63) is 126 Å². The Labute approximate surface area is 267 Å². The Morgan fingerprint density at radius 1 is 0.957 bits per heavy atom. The molecular weight excluding hydrogens is 584 g/mol. The molecule has 0 saturated carbocycles. The number of hydrogen-bond donors (Lipinski definition) is 3. The maximum atomic E-state index is 13.9. The number of furan rings is 1. The average molecular weight is 621 g/mol. The van der Waals surface area contributed by atoms with Crippen LogP contribution in [-0.2, 0) is 16.2 Å². The zero-order chi connectivity index (χ0) is 32.0. The second-order valence-electron chi connectivity index (χ2n) is 11.5. The van der Waals surface area contributed by atoms with Crippen LogP contribution in [0.4, 0.5) is 5.69 Å². The molecule has 9 heteroatoms. The average Bonchev–Trinajstić information content (AvgIpc) is 3.66. The van der Waals surface area contributed by atoms with Gasteiger partial charge in [0, 0.05) is 12.1 Å². The molecule has 6 rings (SSSR count). The van der Waals surface area contributed by atoms with E-state index in [2.05, 4.69) is 4.98 Å². The van der Waals surface area contributed by atoms with E-state index in [1.54, 1.807) is 42.6 Å². The summed E-state index contributed by atoms with van der Waals surface area (Å²) >= 11 is 0. The number of hydrogen-bond acceptors (Lipinski definition) is 8. The standard InChI is InChI=1S/C37H36N2O7/c40-21-29-16-15-28(46-29)19-24(32-13-7-8-18-38-32)14-17-33(42)34-25(23-45-27-11-5-2-6-12-27)20-30-35(31(34)22-41)37(44)39(36(30)43)26-9-3-1-4-10-26/h1-13,15-16,18-19,30-31,33,35,40-42H,14,17,20-23H2/b24-19-/t30-,31+,33-,35-/m1/s1. The van der Waals surface area contributed by atoms with Gasteiger partial charge in [-0.15, -0.1) is 0 Å². The van der Waals surface area contributed by atoms with Crippen molar-refractivity contribution in [2.24, 2.45) is 17.8 Å². The highest BCUT2D eigenvalue weighted by Crippen LogP contribution is 2.47. The van der Waals surface area contributed by atoms with Crippen molar-refractivity contribution >= 4 is 29.2 Å². The topological polar surface area (TPSA) is 133 Å². The highest BCUT2D eigenvalue weighted by atomic mass is 16.5. The number of carbonyl (C=O) groups excluding carboxylic acids is 2. The molecule has 3 heterocycles. The largest absolute Gasteiger partial charge is 0.489 e. The zero-order valence-electron chi connectivity index (χ0n) is 25.2. The molecule has 236 valence electrons. The van der Waals surface area contributed by atoms with Crippen molar-refractivity contribution < 1.29 is 34.1 Å². The number of rotatable bonds is 12. The number of carbonyl (C=O) groups is 2. The van der Waals surface area contributed by atoms with Crippen LogP contribution in [0, 0.1) is 17.8 Å². The SMILES string of the molecule is O=C1[C@@H]2[C@@H](CC(COc3ccccc3)=C([C@H](O)CC/C(=C/c3ccc(CO)o3)c3ccccn3)[C@@H]2CO)C(=O)N1c1ccccc1. The highest BCUT2D eigenvalue weighted by Gasteiger charge is 2.55. The molecule has 0 bridgehead atoms. The minimum absolute atomic E-state index is 0.0994. The van der Waals surface area contributed by atoms with Gasteiger partial charge in [0.1, 0.15) is 30.5 Å². The summed E-state index contributed by atoms with van der Waals surface area (Å²) in [5.74, 6) is -1.35. The molecule has 0 spiro atoms. The first-order valence-corrected chi connectivity index (χ1v) is 15.4. The summed E-state index contributed by atoms with van der Waals surface area (Å²) in [5.41, 5.74) is 3.24. The molecule has 3 N–H and O–H groups in total. The van der Waals surface area contributed by atoms with Crippen molar-refractivity contribution in [3.63, 3.8) is 0 Å². The van der Waals surface area contributed by atoms with Gasteiger partial charge in [-0.25, -0.2) is 0 Å². The second-order valence-corrected chi connectivity index (χ2v) is 11.5. The van der Waals surface area contributed by atoms with E-state index in [0.717, 1.165) is 5.57 Å². The first-order chi connectivity index (χ1) is 22.5. The third-order valence-electron chi connectivity index (χ3n) is 8.75. The Morgan fingerprint density at radius 2 is 1.70 bits per heavy atom. The number of aromatic nitrogens is 1. The molecule has 1 saturated heterocycles. The van der Waals surface area contributed by atoms with Gasteiger partial charge in [-0.3, -0.25) is 19.5 Å². The van der Waals surface area contributed by atoms with Gasteiger partial charge in [-0.1, -0.05) is 42.5 Å². The lowest BCUT2D eigenvalue weighted by Crippen LogP contribution is -2.40. The number of aliphatic hydroxyl groups is 3. The van der Waals surface area contributed by atoms with Crippen molar-refractivity contribution in [2.75, 3.05) is 18.1 Å². The maximum absolute atomic E-state index is 13.9. The molecule has 0 unspecified atom stereocenters. The number of aliphatic hydroxyl groups excluding tert-OH is 3. The number of ether oxygens (including phenoxy) is 1. The smallest absolute Gasteiger partial charge is 0.238 e. The first kappa shape index (κ1) is 31.2. The van der Waals surface area contributed by atoms with E-state index in [1.165, 1.54) is 4.90 Å². The number of amides is 2. The van der Waals surface area contributed by atoms with Crippen molar-refractivity contribution in [1.29, 1.82) is 0 Å². The summed E-state index contributed by atoms with van der Waals surface area (Å²) in [6.45, 7) is -0.535. The maximum Gasteiger partial charge on any atom is 0.238 e. The number of allylic oxidation sites excluding steroid dienone is 1. The predicted molar refractivity (Wildman–Crippen MR) is 172 cm³/mol. The summed E-state index contributed by atoms with van der Waals surface area (Å²) in [4.78, 5) is 33.3. The zero-order valence-corrected chi connectivity index (χ0v) is 25.2. The van der Waals surface area contributed by atoms with Crippen molar-refractivity contribution in [3.8, 4) is 5.75 Å². The van der Waals surface area contributed by atoms with Crippen LogP contribution in [0.2, 0.25) is 0 Å². The molecule has 0 radical (unpaired) electrons. The second kappa shape index (κ2) is 14.1. The molecule has 4 aromatic rings. The number of nitrogens with zero attached hydrogens (tertiary/aromatic N) is 2. The van der Waals surface area contributed by atoms with E-state index >= 15 is 0 Å². The van der Waals surface area contributed by atoms with E-state index in [1.807, 2.05) is 60.7 Å². The fourth-order valence-corrected chi connectivity index (χ4v) is 6.61. The fraction of sp³-hybridized carbons (Fsp3) is 0.270. The fourth-order valence-electron chi connectivity index (χ4n) is 6.61. The third kappa shape index (κ3) is 6.44. The van der Waals surface area contributed by atoms with Crippen molar-refractivity contribution in [1.82, 2.24) is 4.98 Å². The van der Waals surface area contributed by atoms with Gasteiger partial charge in [0.15, 0.2) is 0 Å². The number of benzene rings is 2. The summed E-state index contributed by atoms with van der Waals surface area (Å²) in [7, 11) is 0. The Kier molecular flexibility index (Phi) is 9.54. The van der Waals surface area contributed by atoms with E-state index in [0.29, 0.717) is 46.2 Å². The summed E-state index contributed by atoms with van der Waals surface area (Å²) in [6.07, 6.45) is 3.34. The molecule has 46 heavy (non-hydrogen) atoms. The van der Waals surface area contributed by atoms with Gasteiger partial charge in [0.25, 0.3) is 0 Å². The van der Waals surface area contributed by atoms with Crippen LogP contribution in [0.1, 0.15) is 36.5 Å². The Hall–Kier alpha value is -4.83. The van der Waals surface area contributed by atoms with Gasteiger partial charge >= 0.3 is 0 Å². The minimum Gasteiger partial charge on any atom is -0.489 e. The third-order valence-corrected chi connectivity index (χ3v) is 8.75. The quantitative estimate of drug-likeness (QED) is 0.148. The van der Waals surface area contributed by atoms with Gasteiger partial charge < -0.3 is 24.5 Å². The molecule has 1 fully saturated rings. The van der Waals surface area contributed by atoms with Crippen LogP contribution >= 0.6 is 0 Å². The number of fused-ring (bicyclic) bond motifs is 1. The van der Waals surface area contributed by atoms with Crippen LogP contribution in [-0.4, -0.2) is 51.4 Å². The molecule has 1 aliphatic carbocycles. The number of pyridine rings is 1. The predicted octanol–water partition coefficient (Wildman–Crippen LogP) is 5.04. The highest BCUT2D eigenvalue weighted by molar-refractivity contribution is 6.22. The number of anilines is 1. The molecule has 4 atom stereocenters. The van der Waals surface area contributed by atoms with Crippen LogP contribution in [0.5, 0.6) is 5.75 Å². The molecule has 9 nitrogen and oxygen atoms in total. The summed E-state index contributed by atoms with van der Waals surface area (Å²) in [5, 5.41) is 32.1. The first-order valence-electron chi connectivity index (χ1n) is 15.4. The Balaban J connectivity index is 1.32. The lowest BCUT2D eigenvalue weighted by Gasteiger charge is -2.36. The van der Waals surface area contributed by atoms with E-state index in [9.17, 15) is 24.9 Å². The lowest BCUT2D eigenvalue weighted by atomic mass is 9.68. The molecule has 2 aromatic carbocycles. The van der Waals surface area contributed by atoms with E-state index in [-0.39, 0.29) is 37.9 Å². The molecule has 1 aliphatic heterocycles. The van der Waals surface area contributed by atoms with Gasteiger partial charge in [0.05, 0.1) is 35.9 Å². The van der Waals surface area contributed by atoms with Gasteiger partial charge in [-0.05, 0) is 90.6 Å². The van der Waals surface area contributed by atoms with Gasteiger partial charge in [0.2, 0.25) is 11.8 Å². The number of imide groups is 1. The van der Waals surface area contributed by atoms with Crippen molar-refractivity contribution in [2.45, 2.75) is 32.0 Å². The Morgan fingerprint density at radius 3 is 2.37 bits per heavy atom. The minimum atomic E-state index is -1.04. The van der Waals surface area contributed by atoms with Crippen LogP contribution in [0.15, 0.2) is 113 Å². The lowest BCUT2D eigenvalue weighted by molar-refractivity contribution is -0.123. The van der Waals surface area contributed by atoms with Crippen LogP contribution in [0.25, 0.3) is 11.6 Å². The molecular formula is C37H36N2O7. The molecule has 2 aliphatic rings. The van der Waals surface area contributed by atoms with Crippen LogP contribution in [0.3, 0.4) is 0 Å². The van der Waals surface area contributed by atoms with Gasteiger partial charge in [-0.2, -0.15) is 0 Å². The number of para-hydroxylation sites is 2. The molecule has 2 aromatic heterocycles. The normalized spacial score (nSPS) is 20.6. The Bertz CT molecular complexity index is 1720. The van der Waals surface area contributed by atoms with E-state index in [4.69, 9.17) is 9.15 Å². The molecule has 2 amide bonds. The summed E-state index contributed by atoms with van der Waals surface area (Å²) < 4.78 is 11.8. The van der Waals surface area contributed by atoms with Crippen LogP contribution < -0.4 is 9.64 Å².